The Labute approximate surface area is 189 Å². The summed E-state index contributed by atoms with van der Waals surface area (Å²) in [5.74, 6) is 0.961. The smallest absolute Gasteiger partial charge is 0.325 e. The van der Waals surface area contributed by atoms with Crippen LogP contribution in [0.25, 0.3) is 11.3 Å². The van der Waals surface area contributed by atoms with Gasteiger partial charge in [-0.15, -0.1) is 0 Å². The van der Waals surface area contributed by atoms with Crippen molar-refractivity contribution in [2.75, 3.05) is 10.6 Å². The molecule has 4 aromatic rings. The quantitative estimate of drug-likeness (QED) is 0.425. The van der Waals surface area contributed by atoms with Crippen LogP contribution >= 0.6 is 0 Å². The summed E-state index contributed by atoms with van der Waals surface area (Å²) >= 11 is 0. The number of aromatic nitrogens is 4. The number of aryl methyl sites for hydroxylation is 1. The van der Waals surface area contributed by atoms with E-state index in [0.29, 0.717) is 17.2 Å². The number of carbonyl (C=O) groups is 1. The van der Waals surface area contributed by atoms with Crippen molar-refractivity contribution in [2.24, 2.45) is 7.05 Å². The predicted molar refractivity (Wildman–Crippen MR) is 121 cm³/mol. The fraction of sp³-hybridized carbons (Fsp3) is 0.217. The highest BCUT2D eigenvalue weighted by Gasteiger charge is 2.20. The van der Waals surface area contributed by atoms with Crippen molar-refractivity contribution < 1.29 is 18.4 Å². The molecule has 170 valence electrons. The lowest BCUT2D eigenvalue weighted by atomic mass is 9.93. The van der Waals surface area contributed by atoms with Gasteiger partial charge in [-0.05, 0) is 18.2 Å². The minimum Gasteiger partial charge on any atom is -0.457 e. The number of urea groups is 1. The highest BCUT2D eigenvalue weighted by atomic mass is 19.1. The molecule has 4 rings (SSSR count). The molecule has 0 aliphatic heterocycles. The molecule has 2 amide bonds. The Morgan fingerprint density at radius 3 is 2.58 bits per heavy atom. The van der Waals surface area contributed by atoms with E-state index in [1.165, 1.54) is 12.1 Å². The number of hydrogen-bond acceptors (Lipinski definition) is 6. The van der Waals surface area contributed by atoms with Gasteiger partial charge >= 0.3 is 6.03 Å². The maximum atomic E-state index is 14.6. The van der Waals surface area contributed by atoms with Crippen molar-refractivity contribution in [3.8, 4) is 22.8 Å². The summed E-state index contributed by atoms with van der Waals surface area (Å²) in [5.41, 5.74) is 1.25. The second kappa shape index (κ2) is 8.73. The zero-order valence-corrected chi connectivity index (χ0v) is 18.6. The van der Waals surface area contributed by atoms with E-state index in [-0.39, 0.29) is 22.7 Å². The molecule has 0 aliphatic carbocycles. The number of anilines is 2. The van der Waals surface area contributed by atoms with Crippen molar-refractivity contribution in [1.82, 2.24) is 19.9 Å². The largest absolute Gasteiger partial charge is 0.457 e. The summed E-state index contributed by atoms with van der Waals surface area (Å²) in [7, 11) is 1.82. The number of pyridine rings is 1. The van der Waals surface area contributed by atoms with E-state index in [2.05, 4.69) is 25.9 Å². The van der Waals surface area contributed by atoms with Gasteiger partial charge in [-0.3, -0.25) is 15.0 Å². The van der Waals surface area contributed by atoms with Gasteiger partial charge in [0, 0.05) is 48.6 Å². The van der Waals surface area contributed by atoms with Crippen molar-refractivity contribution >= 4 is 17.5 Å². The summed E-state index contributed by atoms with van der Waals surface area (Å²) in [6, 6.07) is 8.54. The van der Waals surface area contributed by atoms with Crippen LogP contribution < -0.4 is 15.4 Å². The second-order valence-corrected chi connectivity index (χ2v) is 8.43. The van der Waals surface area contributed by atoms with Crippen LogP contribution in [0.2, 0.25) is 0 Å². The Bertz CT molecular complexity index is 1290. The van der Waals surface area contributed by atoms with Gasteiger partial charge in [0.1, 0.15) is 23.1 Å². The molecule has 0 aliphatic rings. The lowest BCUT2D eigenvalue weighted by molar-refractivity contribution is 0.261. The predicted octanol–water partition coefficient (Wildman–Crippen LogP) is 5.34. The molecule has 0 unspecified atom stereocenters. The molecule has 0 radical (unpaired) electrons. The average Bonchev–Trinajstić information content (AvgIpc) is 3.39. The Balaban J connectivity index is 1.41. The topological polar surface area (TPSA) is 107 Å². The van der Waals surface area contributed by atoms with Crippen molar-refractivity contribution in [3.05, 3.63) is 66.6 Å². The second-order valence-electron chi connectivity index (χ2n) is 8.43. The third-order valence-electron chi connectivity index (χ3n) is 4.65. The standard InChI is InChI=1S/C23H23FN6O3/c1-23(2,3)20-11-21(29-33-20)28-22(31)27-18-6-5-15(9-17(18)24)32-16-7-8-25-19(10-16)14-12-26-30(4)13-14/h5-13H,1-4H3,(H2,27,28,29,31). The van der Waals surface area contributed by atoms with Crippen molar-refractivity contribution in [2.45, 2.75) is 26.2 Å². The number of carbonyl (C=O) groups excluding carboxylic acids is 1. The Morgan fingerprint density at radius 2 is 1.91 bits per heavy atom. The van der Waals surface area contributed by atoms with Crippen LogP contribution in [0.15, 0.2) is 59.5 Å². The Hall–Kier alpha value is -4.21. The molecule has 0 bridgehead atoms. The van der Waals surface area contributed by atoms with Crippen LogP contribution in [0.4, 0.5) is 20.7 Å². The van der Waals surface area contributed by atoms with E-state index in [1.54, 1.807) is 41.3 Å². The number of nitrogens with zero attached hydrogens (tertiary/aromatic N) is 4. The molecule has 33 heavy (non-hydrogen) atoms. The van der Waals surface area contributed by atoms with E-state index < -0.39 is 11.8 Å². The van der Waals surface area contributed by atoms with Gasteiger partial charge in [-0.2, -0.15) is 5.10 Å². The number of halogens is 1. The monoisotopic (exact) mass is 450 g/mol. The molecule has 0 fully saturated rings. The van der Waals surface area contributed by atoms with Crippen LogP contribution in [0.1, 0.15) is 26.5 Å². The summed E-state index contributed by atoms with van der Waals surface area (Å²) in [6.07, 6.45) is 5.13. The molecule has 3 aromatic heterocycles. The van der Waals surface area contributed by atoms with E-state index in [1.807, 2.05) is 34.0 Å². The molecule has 2 N–H and O–H groups in total. The summed E-state index contributed by atoms with van der Waals surface area (Å²) in [4.78, 5) is 16.5. The number of ether oxygens (including phenoxy) is 1. The van der Waals surface area contributed by atoms with Crippen LogP contribution in [0.3, 0.4) is 0 Å². The average molecular weight is 450 g/mol. The van der Waals surface area contributed by atoms with Gasteiger partial charge in [0.15, 0.2) is 5.82 Å². The number of benzene rings is 1. The third-order valence-corrected chi connectivity index (χ3v) is 4.65. The highest BCUT2D eigenvalue weighted by Crippen LogP contribution is 2.28. The SMILES string of the molecule is Cn1cc(-c2cc(Oc3ccc(NC(=O)Nc4cc(C(C)(C)C)on4)c(F)c3)ccn2)cn1. The van der Waals surface area contributed by atoms with Crippen LogP contribution in [-0.2, 0) is 12.5 Å². The molecule has 0 saturated carbocycles. The lowest BCUT2D eigenvalue weighted by Gasteiger charge is -2.12. The number of hydrogen-bond donors (Lipinski definition) is 2. The van der Waals surface area contributed by atoms with Crippen LogP contribution in [-0.4, -0.2) is 26.0 Å². The van der Waals surface area contributed by atoms with Gasteiger partial charge in [0.05, 0.1) is 17.6 Å². The maximum absolute atomic E-state index is 14.6. The van der Waals surface area contributed by atoms with Gasteiger partial charge in [0.2, 0.25) is 0 Å². The lowest BCUT2D eigenvalue weighted by Crippen LogP contribution is -2.20. The van der Waals surface area contributed by atoms with E-state index in [4.69, 9.17) is 9.26 Å². The highest BCUT2D eigenvalue weighted by molar-refractivity contribution is 5.99. The minimum atomic E-state index is -0.653. The molecule has 0 saturated heterocycles. The maximum Gasteiger partial charge on any atom is 0.325 e. The fourth-order valence-electron chi connectivity index (χ4n) is 2.94. The van der Waals surface area contributed by atoms with E-state index >= 15 is 0 Å². The van der Waals surface area contributed by atoms with Crippen LogP contribution in [0.5, 0.6) is 11.5 Å². The first kappa shape index (κ1) is 22.0. The van der Waals surface area contributed by atoms with E-state index in [0.717, 1.165) is 5.56 Å². The molecular weight excluding hydrogens is 427 g/mol. The zero-order valence-electron chi connectivity index (χ0n) is 18.6. The zero-order chi connectivity index (χ0) is 23.6. The third kappa shape index (κ3) is 5.35. The molecule has 9 nitrogen and oxygen atoms in total. The molecule has 3 heterocycles. The first-order valence-electron chi connectivity index (χ1n) is 10.1. The molecule has 0 atom stereocenters. The van der Waals surface area contributed by atoms with Gasteiger partial charge in [-0.25, -0.2) is 9.18 Å². The van der Waals surface area contributed by atoms with Crippen molar-refractivity contribution in [1.29, 1.82) is 0 Å². The first-order chi connectivity index (χ1) is 15.7. The molecule has 0 spiro atoms. The van der Waals surface area contributed by atoms with Gasteiger partial charge in [0.25, 0.3) is 0 Å². The molecule has 10 heteroatoms. The van der Waals surface area contributed by atoms with Gasteiger partial charge < -0.3 is 14.6 Å². The number of rotatable bonds is 5. The van der Waals surface area contributed by atoms with Gasteiger partial charge in [-0.1, -0.05) is 25.9 Å². The Morgan fingerprint density at radius 1 is 1.12 bits per heavy atom. The van der Waals surface area contributed by atoms with Crippen LogP contribution in [0, 0.1) is 5.82 Å². The molecule has 1 aromatic carbocycles. The fourth-order valence-corrected chi connectivity index (χ4v) is 2.94. The first-order valence-corrected chi connectivity index (χ1v) is 10.1. The minimum absolute atomic E-state index is 0.00910. The normalized spacial score (nSPS) is 11.3. The summed E-state index contributed by atoms with van der Waals surface area (Å²) in [5, 5.41) is 12.9. The Kier molecular flexibility index (Phi) is 5.82. The van der Waals surface area contributed by atoms with Crippen molar-refractivity contribution in [3.63, 3.8) is 0 Å². The molecular formula is C23H23FN6O3. The number of nitrogens with one attached hydrogen (secondary N) is 2. The summed E-state index contributed by atoms with van der Waals surface area (Å²) in [6.45, 7) is 5.88. The summed E-state index contributed by atoms with van der Waals surface area (Å²) < 4.78 is 27.2. The number of amides is 2. The van der Waals surface area contributed by atoms with E-state index in [9.17, 15) is 9.18 Å².